The molecule has 0 aromatic heterocycles. The molecule has 16 heavy (non-hydrogen) atoms. The molecular weight excluding hydrogens is 202 g/mol. The molecule has 0 radical (unpaired) electrons. The summed E-state index contributed by atoms with van der Waals surface area (Å²) in [5.41, 5.74) is -0.605. The topological polar surface area (TPSA) is 41.5 Å². The molecule has 1 heterocycles. The minimum atomic E-state index is -0.605. The maximum absolute atomic E-state index is 10.2. The van der Waals surface area contributed by atoms with Crippen LogP contribution in [0.4, 0.5) is 0 Å². The van der Waals surface area contributed by atoms with Crippen molar-refractivity contribution in [3.05, 3.63) is 0 Å². The zero-order valence-electron chi connectivity index (χ0n) is 10.5. The molecule has 2 N–H and O–H groups in total. The summed E-state index contributed by atoms with van der Waals surface area (Å²) in [6, 6.07) is 0.593. The Balaban J connectivity index is 1.74. The van der Waals surface area contributed by atoms with Crippen LogP contribution in [0.25, 0.3) is 0 Å². The highest BCUT2D eigenvalue weighted by Crippen LogP contribution is 2.29. The van der Waals surface area contributed by atoms with E-state index in [2.05, 4.69) is 19.2 Å². The Morgan fingerprint density at radius 3 is 2.75 bits per heavy atom. The molecule has 4 atom stereocenters. The predicted molar refractivity (Wildman–Crippen MR) is 64.4 cm³/mol. The first kappa shape index (κ1) is 12.3. The van der Waals surface area contributed by atoms with Gasteiger partial charge in [-0.3, -0.25) is 0 Å². The van der Waals surface area contributed by atoms with E-state index in [0.29, 0.717) is 25.8 Å². The smallest absolute Gasteiger partial charge is 0.102 e. The molecule has 2 aliphatic rings. The van der Waals surface area contributed by atoms with E-state index in [1.54, 1.807) is 0 Å². The van der Waals surface area contributed by atoms with Crippen LogP contribution in [0.2, 0.25) is 0 Å². The average Bonchev–Trinajstić information content (AvgIpc) is 2.68. The summed E-state index contributed by atoms with van der Waals surface area (Å²) in [7, 11) is 0. The predicted octanol–water partition coefficient (Wildman–Crippen LogP) is 1.55. The highest BCUT2D eigenvalue weighted by Gasteiger charge is 2.33. The highest BCUT2D eigenvalue weighted by atomic mass is 16.5. The van der Waals surface area contributed by atoms with E-state index in [9.17, 15) is 5.11 Å². The third kappa shape index (κ3) is 2.96. The maximum Gasteiger partial charge on any atom is 0.102 e. The molecule has 0 amide bonds. The van der Waals surface area contributed by atoms with E-state index in [0.717, 1.165) is 18.3 Å². The van der Waals surface area contributed by atoms with Crippen LogP contribution in [0.3, 0.4) is 0 Å². The molecule has 1 saturated carbocycles. The number of hydrogen-bond acceptors (Lipinski definition) is 3. The van der Waals surface area contributed by atoms with Crippen LogP contribution < -0.4 is 5.32 Å². The van der Waals surface area contributed by atoms with E-state index >= 15 is 0 Å². The number of rotatable bonds is 3. The molecule has 1 aliphatic heterocycles. The van der Waals surface area contributed by atoms with Gasteiger partial charge in [0.15, 0.2) is 0 Å². The van der Waals surface area contributed by atoms with Gasteiger partial charge in [-0.1, -0.05) is 13.8 Å². The van der Waals surface area contributed by atoms with E-state index in [4.69, 9.17) is 4.74 Å². The Morgan fingerprint density at radius 2 is 2.12 bits per heavy atom. The lowest BCUT2D eigenvalue weighted by atomic mass is 9.79. The van der Waals surface area contributed by atoms with Gasteiger partial charge >= 0.3 is 0 Å². The summed E-state index contributed by atoms with van der Waals surface area (Å²) in [6.07, 6.45) is 4.59. The van der Waals surface area contributed by atoms with Gasteiger partial charge in [0, 0.05) is 25.6 Å². The van der Waals surface area contributed by atoms with Gasteiger partial charge in [0.2, 0.25) is 0 Å². The molecule has 0 bridgehead atoms. The fourth-order valence-corrected chi connectivity index (χ4v) is 2.80. The first-order chi connectivity index (χ1) is 7.59. The zero-order valence-corrected chi connectivity index (χ0v) is 10.5. The average molecular weight is 227 g/mol. The lowest BCUT2D eigenvalue weighted by Crippen LogP contribution is -2.46. The first-order valence-electron chi connectivity index (χ1n) is 6.62. The molecule has 0 aromatic carbocycles. The van der Waals surface area contributed by atoms with Crippen molar-refractivity contribution in [2.45, 2.75) is 51.2 Å². The molecule has 1 saturated heterocycles. The van der Waals surface area contributed by atoms with Crippen molar-refractivity contribution in [1.82, 2.24) is 5.32 Å². The van der Waals surface area contributed by atoms with E-state index in [1.807, 2.05) is 0 Å². The van der Waals surface area contributed by atoms with Crippen molar-refractivity contribution >= 4 is 0 Å². The third-order valence-corrected chi connectivity index (χ3v) is 4.40. The van der Waals surface area contributed by atoms with E-state index < -0.39 is 5.60 Å². The van der Waals surface area contributed by atoms with Crippen molar-refractivity contribution in [2.24, 2.45) is 11.8 Å². The van der Waals surface area contributed by atoms with Crippen LogP contribution in [0.5, 0.6) is 0 Å². The van der Waals surface area contributed by atoms with Crippen LogP contribution in [-0.2, 0) is 4.74 Å². The second-order valence-electron chi connectivity index (χ2n) is 5.87. The monoisotopic (exact) mass is 227 g/mol. The summed E-state index contributed by atoms with van der Waals surface area (Å²) >= 11 is 0. The molecule has 2 fully saturated rings. The number of hydrogen-bond donors (Lipinski definition) is 2. The Kier molecular flexibility index (Phi) is 3.88. The van der Waals surface area contributed by atoms with Gasteiger partial charge in [-0.2, -0.15) is 0 Å². The van der Waals surface area contributed by atoms with E-state index in [1.165, 1.54) is 19.3 Å². The maximum atomic E-state index is 10.2. The molecule has 1 aliphatic carbocycles. The quantitative estimate of drug-likeness (QED) is 0.768. The van der Waals surface area contributed by atoms with Crippen molar-refractivity contribution in [1.29, 1.82) is 0 Å². The minimum absolute atomic E-state index is 0.499. The van der Waals surface area contributed by atoms with Crippen LogP contribution in [-0.4, -0.2) is 36.5 Å². The Hall–Kier alpha value is -0.120. The largest absolute Gasteiger partial charge is 0.386 e. The normalized spacial score (nSPS) is 44.8. The van der Waals surface area contributed by atoms with E-state index in [-0.39, 0.29) is 0 Å². The van der Waals surface area contributed by atoms with Crippen LogP contribution in [0.15, 0.2) is 0 Å². The standard InChI is InChI=1S/C13H25NO2/c1-10-3-4-12(7-11(10)2)14-8-13(15)5-6-16-9-13/h10-12,14-15H,3-9H2,1-2H3/t10-,11+,12+,13-/m1/s1. The fourth-order valence-electron chi connectivity index (χ4n) is 2.80. The van der Waals surface area contributed by atoms with Gasteiger partial charge in [-0.15, -0.1) is 0 Å². The highest BCUT2D eigenvalue weighted by molar-refractivity contribution is 4.88. The minimum Gasteiger partial charge on any atom is -0.386 e. The number of nitrogens with one attached hydrogen (secondary N) is 1. The first-order valence-corrected chi connectivity index (χ1v) is 6.62. The Bertz CT molecular complexity index is 226. The van der Waals surface area contributed by atoms with Crippen LogP contribution in [0, 0.1) is 11.8 Å². The molecular formula is C13H25NO2. The molecule has 3 heteroatoms. The van der Waals surface area contributed by atoms with Gasteiger partial charge in [-0.25, -0.2) is 0 Å². The lowest BCUT2D eigenvalue weighted by Gasteiger charge is -2.34. The van der Waals surface area contributed by atoms with Crippen LogP contribution >= 0.6 is 0 Å². The van der Waals surface area contributed by atoms with Gasteiger partial charge in [-0.05, 0) is 31.1 Å². The second-order valence-corrected chi connectivity index (χ2v) is 5.87. The molecule has 0 aromatic rings. The Labute approximate surface area is 98.6 Å². The number of aliphatic hydroxyl groups is 1. The third-order valence-electron chi connectivity index (χ3n) is 4.40. The Morgan fingerprint density at radius 1 is 1.31 bits per heavy atom. The summed E-state index contributed by atoms with van der Waals surface area (Å²) in [4.78, 5) is 0. The summed E-state index contributed by atoms with van der Waals surface area (Å²) in [5.74, 6) is 1.66. The van der Waals surface area contributed by atoms with Gasteiger partial charge in [0.1, 0.15) is 5.60 Å². The van der Waals surface area contributed by atoms with Gasteiger partial charge < -0.3 is 15.2 Å². The van der Waals surface area contributed by atoms with Crippen molar-refractivity contribution in [3.8, 4) is 0 Å². The molecule has 0 unspecified atom stereocenters. The van der Waals surface area contributed by atoms with Crippen molar-refractivity contribution < 1.29 is 9.84 Å². The second kappa shape index (κ2) is 5.03. The lowest BCUT2D eigenvalue weighted by molar-refractivity contribution is 0.0223. The fraction of sp³-hybridized carbons (Fsp3) is 1.00. The molecule has 2 rings (SSSR count). The summed E-state index contributed by atoms with van der Waals surface area (Å²) in [6.45, 7) is 6.58. The van der Waals surface area contributed by atoms with Gasteiger partial charge in [0.25, 0.3) is 0 Å². The molecule has 0 spiro atoms. The van der Waals surface area contributed by atoms with Crippen molar-refractivity contribution in [2.75, 3.05) is 19.8 Å². The SMILES string of the molecule is C[C@@H]1CC[C@H](NC[C@]2(O)CCOC2)C[C@@H]1C. The molecule has 3 nitrogen and oxygen atoms in total. The summed E-state index contributed by atoms with van der Waals surface area (Å²) in [5, 5.41) is 13.7. The van der Waals surface area contributed by atoms with Crippen LogP contribution in [0.1, 0.15) is 39.5 Å². The van der Waals surface area contributed by atoms with Gasteiger partial charge in [0.05, 0.1) is 6.61 Å². The number of ether oxygens (including phenoxy) is 1. The summed E-state index contributed by atoms with van der Waals surface area (Å²) < 4.78 is 5.25. The van der Waals surface area contributed by atoms with Crippen molar-refractivity contribution in [3.63, 3.8) is 0 Å². The zero-order chi connectivity index (χ0) is 11.6. The molecule has 94 valence electrons.